The molecule has 0 fully saturated rings. The fourth-order valence-corrected chi connectivity index (χ4v) is 2.80. The van der Waals surface area contributed by atoms with Gasteiger partial charge in [0.25, 0.3) is 5.22 Å². The smallest absolute Gasteiger partial charge is 0.277 e. The van der Waals surface area contributed by atoms with Crippen LogP contribution in [0.2, 0.25) is 0 Å². The molecule has 6 nitrogen and oxygen atoms in total. The molecule has 3 rings (SSSR count). The van der Waals surface area contributed by atoms with Crippen molar-refractivity contribution < 1.29 is 13.6 Å². The molecule has 1 atom stereocenters. The van der Waals surface area contributed by atoms with Crippen LogP contribution in [-0.2, 0) is 11.3 Å². The minimum atomic E-state index is -0.356. The molecule has 0 aliphatic heterocycles. The standard InChI is InChI=1S/C17H17N3O3S/c1-11-5-3-6-13(9-11)16-19-20-17(23-16)24-12(2)15(21)18-10-14-7-4-8-22-14/h3-9,12H,10H2,1-2H3,(H,18,21)/t12-/m0/s1. The van der Waals surface area contributed by atoms with Crippen molar-refractivity contribution in [2.24, 2.45) is 0 Å². The van der Waals surface area contributed by atoms with E-state index in [9.17, 15) is 4.79 Å². The number of carbonyl (C=O) groups is 1. The number of benzene rings is 1. The molecule has 1 amide bonds. The Morgan fingerprint density at radius 2 is 2.17 bits per heavy atom. The van der Waals surface area contributed by atoms with E-state index in [1.807, 2.05) is 37.3 Å². The summed E-state index contributed by atoms with van der Waals surface area (Å²) in [6, 6.07) is 11.4. The second kappa shape index (κ2) is 7.35. The molecule has 0 aliphatic rings. The summed E-state index contributed by atoms with van der Waals surface area (Å²) >= 11 is 1.23. The van der Waals surface area contributed by atoms with E-state index in [1.54, 1.807) is 19.3 Å². The summed E-state index contributed by atoms with van der Waals surface area (Å²) in [7, 11) is 0. The van der Waals surface area contributed by atoms with Gasteiger partial charge in [0.1, 0.15) is 5.76 Å². The molecule has 0 bridgehead atoms. The molecule has 24 heavy (non-hydrogen) atoms. The lowest BCUT2D eigenvalue weighted by atomic mass is 10.1. The first-order chi connectivity index (χ1) is 11.6. The SMILES string of the molecule is Cc1cccc(-c2nnc(S[C@@H](C)C(=O)NCc3ccco3)o2)c1. The third-order valence-corrected chi connectivity index (χ3v) is 4.27. The van der Waals surface area contributed by atoms with Crippen molar-refractivity contribution in [1.29, 1.82) is 0 Å². The van der Waals surface area contributed by atoms with Crippen LogP contribution in [0.4, 0.5) is 0 Å². The highest BCUT2D eigenvalue weighted by Crippen LogP contribution is 2.26. The number of amides is 1. The van der Waals surface area contributed by atoms with Gasteiger partial charge in [0, 0.05) is 5.56 Å². The predicted molar refractivity (Wildman–Crippen MR) is 90.3 cm³/mol. The first-order valence-corrected chi connectivity index (χ1v) is 8.37. The molecule has 3 aromatic rings. The van der Waals surface area contributed by atoms with E-state index < -0.39 is 0 Å². The van der Waals surface area contributed by atoms with Crippen LogP contribution in [0.5, 0.6) is 0 Å². The molecule has 1 N–H and O–H groups in total. The number of nitrogens with zero attached hydrogens (tertiary/aromatic N) is 2. The van der Waals surface area contributed by atoms with Gasteiger partial charge in [-0.15, -0.1) is 10.2 Å². The quantitative estimate of drug-likeness (QED) is 0.691. The Morgan fingerprint density at radius 1 is 1.29 bits per heavy atom. The van der Waals surface area contributed by atoms with Crippen molar-refractivity contribution in [1.82, 2.24) is 15.5 Å². The molecule has 0 saturated heterocycles. The summed E-state index contributed by atoms with van der Waals surface area (Å²) < 4.78 is 10.8. The van der Waals surface area contributed by atoms with Gasteiger partial charge in [-0.3, -0.25) is 4.79 Å². The monoisotopic (exact) mass is 343 g/mol. The summed E-state index contributed by atoms with van der Waals surface area (Å²) in [6.07, 6.45) is 1.57. The van der Waals surface area contributed by atoms with Crippen LogP contribution in [0.15, 0.2) is 56.7 Å². The predicted octanol–water partition coefficient (Wildman–Crippen LogP) is 3.44. The van der Waals surface area contributed by atoms with Crippen LogP contribution in [-0.4, -0.2) is 21.4 Å². The minimum absolute atomic E-state index is 0.119. The van der Waals surface area contributed by atoms with Gasteiger partial charge < -0.3 is 14.2 Å². The number of furan rings is 1. The number of hydrogen-bond acceptors (Lipinski definition) is 6. The molecule has 2 heterocycles. The van der Waals surface area contributed by atoms with Gasteiger partial charge in [0.2, 0.25) is 11.8 Å². The van der Waals surface area contributed by atoms with Crippen molar-refractivity contribution in [3.8, 4) is 11.5 Å². The third-order valence-electron chi connectivity index (χ3n) is 3.34. The summed E-state index contributed by atoms with van der Waals surface area (Å²) in [5.74, 6) is 1.04. The molecule has 0 spiro atoms. The summed E-state index contributed by atoms with van der Waals surface area (Å²) in [6.45, 7) is 4.15. The van der Waals surface area contributed by atoms with E-state index in [-0.39, 0.29) is 11.2 Å². The van der Waals surface area contributed by atoms with Crippen LogP contribution in [0, 0.1) is 6.92 Å². The van der Waals surface area contributed by atoms with Crippen LogP contribution in [0.3, 0.4) is 0 Å². The average Bonchev–Trinajstić information content (AvgIpc) is 3.24. The van der Waals surface area contributed by atoms with E-state index in [4.69, 9.17) is 8.83 Å². The first kappa shape index (κ1) is 16.3. The molecule has 7 heteroatoms. The summed E-state index contributed by atoms with van der Waals surface area (Å²) in [4.78, 5) is 12.1. The molecule has 1 aromatic carbocycles. The number of hydrogen-bond donors (Lipinski definition) is 1. The Hall–Kier alpha value is -2.54. The zero-order valence-corrected chi connectivity index (χ0v) is 14.2. The van der Waals surface area contributed by atoms with E-state index in [0.717, 1.165) is 11.1 Å². The van der Waals surface area contributed by atoms with Crippen molar-refractivity contribution in [2.45, 2.75) is 30.9 Å². The summed E-state index contributed by atoms with van der Waals surface area (Å²) in [5.41, 5.74) is 1.98. The number of aryl methyl sites for hydroxylation is 1. The van der Waals surface area contributed by atoms with Crippen molar-refractivity contribution in [2.75, 3.05) is 0 Å². The Labute approximate surface area is 143 Å². The lowest BCUT2D eigenvalue weighted by Crippen LogP contribution is -2.30. The Bertz CT molecular complexity index is 814. The zero-order chi connectivity index (χ0) is 16.9. The van der Waals surface area contributed by atoms with E-state index >= 15 is 0 Å². The van der Waals surface area contributed by atoms with E-state index in [2.05, 4.69) is 15.5 Å². The van der Waals surface area contributed by atoms with Crippen LogP contribution in [0.25, 0.3) is 11.5 Å². The number of carbonyl (C=O) groups excluding carboxylic acids is 1. The molecular weight excluding hydrogens is 326 g/mol. The number of nitrogens with one attached hydrogen (secondary N) is 1. The Morgan fingerprint density at radius 3 is 2.92 bits per heavy atom. The lowest BCUT2D eigenvalue weighted by Gasteiger charge is -2.08. The van der Waals surface area contributed by atoms with Gasteiger partial charge in [-0.1, -0.05) is 29.5 Å². The number of aromatic nitrogens is 2. The fourth-order valence-electron chi connectivity index (χ4n) is 2.09. The normalized spacial score (nSPS) is 12.1. The van der Waals surface area contributed by atoms with Gasteiger partial charge in [-0.25, -0.2) is 0 Å². The maximum atomic E-state index is 12.1. The average molecular weight is 343 g/mol. The summed E-state index contributed by atoms with van der Waals surface area (Å²) in [5, 5.41) is 10.9. The maximum Gasteiger partial charge on any atom is 0.277 e. The van der Waals surface area contributed by atoms with E-state index in [1.165, 1.54) is 11.8 Å². The van der Waals surface area contributed by atoms with Crippen molar-refractivity contribution >= 4 is 17.7 Å². The van der Waals surface area contributed by atoms with Gasteiger partial charge in [0.15, 0.2) is 0 Å². The number of thioether (sulfide) groups is 1. The fraction of sp³-hybridized carbons (Fsp3) is 0.235. The van der Waals surface area contributed by atoms with Gasteiger partial charge in [-0.05, 0) is 38.1 Å². The van der Waals surface area contributed by atoms with Gasteiger partial charge in [-0.2, -0.15) is 0 Å². The largest absolute Gasteiger partial charge is 0.467 e. The second-order valence-electron chi connectivity index (χ2n) is 5.30. The number of rotatable bonds is 6. The molecule has 0 radical (unpaired) electrons. The molecule has 0 saturated carbocycles. The molecule has 0 unspecified atom stereocenters. The molecular formula is C17H17N3O3S. The highest BCUT2D eigenvalue weighted by Gasteiger charge is 2.18. The molecule has 2 aromatic heterocycles. The highest BCUT2D eigenvalue weighted by atomic mass is 32.2. The van der Waals surface area contributed by atoms with Crippen LogP contribution in [0.1, 0.15) is 18.2 Å². The molecule has 0 aliphatic carbocycles. The van der Waals surface area contributed by atoms with Crippen LogP contribution >= 0.6 is 11.8 Å². The lowest BCUT2D eigenvalue weighted by molar-refractivity contribution is -0.120. The zero-order valence-electron chi connectivity index (χ0n) is 13.4. The third kappa shape index (κ3) is 4.05. The van der Waals surface area contributed by atoms with Crippen LogP contribution < -0.4 is 5.32 Å². The van der Waals surface area contributed by atoms with Gasteiger partial charge >= 0.3 is 0 Å². The second-order valence-corrected chi connectivity index (χ2v) is 6.59. The topological polar surface area (TPSA) is 81.2 Å². The van der Waals surface area contributed by atoms with Crippen molar-refractivity contribution in [3.05, 3.63) is 54.0 Å². The first-order valence-electron chi connectivity index (χ1n) is 7.49. The Balaban J connectivity index is 1.58. The highest BCUT2D eigenvalue weighted by molar-refractivity contribution is 8.00. The molecule has 124 valence electrons. The Kier molecular flexibility index (Phi) is 5.00. The van der Waals surface area contributed by atoms with Crippen molar-refractivity contribution in [3.63, 3.8) is 0 Å². The maximum absolute atomic E-state index is 12.1. The minimum Gasteiger partial charge on any atom is -0.467 e. The van der Waals surface area contributed by atoms with E-state index in [0.29, 0.717) is 23.4 Å². The van der Waals surface area contributed by atoms with Gasteiger partial charge in [0.05, 0.1) is 18.1 Å².